The van der Waals surface area contributed by atoms with Crippen molar-refractivity contribution in [1.82, 2.24) is 0 Å². The fourth-order valence-electron chi connectivity index (χ4n) is 2.69. The van der Waals surface area contributed by atoms with E-state index in [4.69, 9.17) is 5.11 Å². The summed E-state index contributed by atoms with van der Waals surface area (Å²) in [6.45, 7) is 8.90. The zero-order chi connectivity index (χ0) is 15.9. The number of allylic oxidation sites excluding steroid dienone is 9. The van der Waals surface area contributed by atoms with E-state index in [0.29, 0.717) is 0 Å². The van der Waals surface area contributed by atoms with E-state index in [-0.39, 0.29) is 5.41 Å². The van der Waals surface area contributed by atoms with Crippen LogP contribution in [0.15, 0.2) is 59.3 Å². The molecule has 1 aliphatic rings. The molecule has 114 valence electrons. The van der Waals surface area contributed by atoms with E-state index in [1.54, 1.807) is 6.08 Å². The third kappa shape index (κ3) is 5.99. The van der Waals surface area contributed by atoms with Crippen LogP contribution in [0, 0.1) is 5.41 Å². The van der Waals surface area contributed by atoms with Crippen LogP contribution in [0.2, 0.25) is 0 Å². The molecule has 0 radical (unpaired) electrons. The SMILES string of the molecule is CC1=C(/C=C/C(C)=C/C=C/C=C/C(=O)O)C(C)(C)CCC1. The summed E-state index contributed by atoms with van der Waals surface area (Å²) < 4.78 is 0. The van der Waals surface area contributed by atoms with Crippen molar-refractivity contribution in [1.29, 1.82) is 0 Å². The largest absolute Gasteiger partial charge is 0.478 e. The highest BCUT2D eigenvalue weighted by Gasteiger charge is 2.26. The van der Waals surface area contributed by atoms with Gasteiger partial charge in [-0.2, -0.15) is 0 Å². The van der Waals surface area contributed by atoms with Crippen molar-refractivity contribution in [2.45, 2.75) is 47.0 Å². The Bertz CT molecular complexity index is 526. The lowest BCUT2D eigenvalue weighted by atomic mass is 9.72. The Labute approximate surface area is 128 Å². The summed E-state index contributed by atoms with van der Waals surface area (Å²) in [6.07, 6.45) is 16.3. The van der Waals surface area contributed by atoms with Crippen LogP contribution in [0.4, 0.5) is 0 Å². The highest BCUT2D eigenvalue weighted by Crippen LogP contribution is 2.40. The maximum Gasteiger partial charge on any atom is 0.328 e. The van der Waals surface area contributed by atoms with Gasteiger partial charge >= 0.3 is 5.97 Å². The standard InChI is InChI=1S/C19H26O2/c1-15(9-6-5-7-11-18(20)21)12-13-17-16(2)10-8-14-19(17,3)4/h5-7,9,11-13H,8,10,14H2,1-4H3,(H,20,21)/b6-5+,11-7+,13-12+,15-9+. The minimum Gasteiger partial charge on any atom is -0.478 e. The summed E-state index contributed by atoms with van der Waals surface area (Å²) >= 11 is 0. The second-order valence-electron chi connectivity index (χ2n) is 6.26. The molecule has 0 atom stereocenters. The summed E-state index contributed by atoms with van der Waals surface area (Å²) in [4.78, 5) is 10.3. The number of hydrogen-bond acceptors (Lipinski definition) is 1. The van der Waals surface area contributed by atoms with Gasteiger partial charge in [-0.1, -0.05) is 61.4 Å². The monoisotopic (exact) mass is 286 g/mol. The lowest BCUT2D eigenvalue weighted by molar-refractivity contribution is -0.131. The molecule has 0 amide bonds. The first-order valence-electron chi connectivity index (χ1n) is 7.46. The van der Waals surface area contributed by atoms with Gasteiger partial charge in [-0.25, -0.2) is 4.79 Å². The molecule has 2 heteroatoms. The summed E-state index contributed by atoms with van der Waals surface area (Å²) in [5, 5.41) is 8.47. The van der Waals surface area contributed by atoms with E-state index < -0.39 is 5.97 Å². The Kier molecular flexibility index (Phi) is 6.41. The molecule has 0 fully saturated rings. The Morgan fingerprint density at radius 2 is 1.90 bits per heavy atom. The van der Waals surface area contributed by atoms with E-state index in [2.05, 4.69) is 32.9 Å². The number of hydrogen-bond donors (Lipinski definition) is 1. The van der Waals surface area contributed by atoms with Crippen LogP contribution >= 0.6 is 0 Å². The molecular weight excluding hydrogens is 260 g/mol. The van der Waals surface area contributed by atoms with Crippen molar-refractivity contribution in [3.63, 3.8) is 0 Å². The van der Waals surface area contributed by atoms with Gasteiger partial charge in [0.05, 0.1) is 0 Å². The van der Waals surface area contributed by atoms with E-state index in [1.165, 1.54) is 36.5 Å². The normalized spacial score (nSPS) is 20.1. The van der Waals surface area contributed by atoms with Gasteiger partial charge in [-0.15, -0.1) is 0 Å². The number of carboxylic acids is 1. The molecule has 21 heavy (non-hydrogen) atoms. The van der Waals surface area contributed by atoms with E-state index in [1.807, 2.05) is 19.1 Å². The molecule has 0 spiro atoms. The molecule has 0 unspecified atom stereocenters. The molecule has 0 heterocycles. The van der Waals surface area contributed by atoms with Crippen molar-refractivity contribution < 1.29 is 9.90 Å². The van der Waals surface area contributed by atoms with Gasteiger partial charge in [0.2, 0.25) is 0 Å². The van der Waals surface area contributed by atoms with Crippen LogP contribution in [0.1, 0.15) is 47.0 Å². The minimum atomic E-state index is -0.929. The van der Waals surface area contributed by atoms with E-state index in [0.717, 1.165) is 11.6 Å². The average Bonchev–Trinajstić information content (AvgIpc) is 2.36. The van der Waals surface area contributed by atoms with Gasteiger partial charge in [0.25, 0.3) is 0 Å². The highest BCUT2D eigenvalue weighted by molar-refractivity contribution is 5.80. The number of carbonyl (C=O) groups is 1. The molecule has 0 aromatic rings. The van der Waals surface area contributed by atoms with Crippen LogP contribution in [0.25, 0.3) is 0 Å². The average molecular weight is 286 g/mol. The summed E-state index contributed by atoms with van der Waals surface area (Å²) in [7, 11) is 0. The van der Waals surface area contributed by atoms with Crippen molar-refractivity contribution in [3.8, 4) is 0 Å². The minimum absolute atomic E-state index is 0.263. The molecule has 0 aromatic heterocycles. The van der Waals surface area contributed by atoms with Crippen LogP contribution in [0.3, 0.4) is 0 Å². The third-order valence-corrected chi connectivity index (χ3v) is 3.88. The molecule has 1 aliphatic carbocycles. The predicted octanol–water partition coefficient (Wildman–Crippen LogP) is 5.21. The van der Waals surface area contributed by atoms with Crippen LogP contribution < -0.4 is 0 Å². The molecule has 2 nitrogen and oxygen atoms in total. The lowest BCUT2D eigenvalue weighted by Gasteiger charge is -2.32. The van der Waals surface area contributed by atoms with Crippen LogP contribution in [-0.2, 0) is 4.79 Å². The molecule has 1 rings (SSSR count). The predicted molar refractivity (Wildman–Crippen MR) is 89.1 cm³/mol. The van der Waals surface area contributed by atoms with Crippen LogP contribution in [-0.4, -0.2) is 11.1 Å². The first kappa shape index (κ1) is 17.2. The Hall–Kier alpha value is -1.83. The van der Waals surface area contributed by atoms with Gasteiger partial charge in [-0.05, 0) is 44.1 Å². The van der Waals surface area contributed by atoms with Gasteiger partial charge in [0.1, 0.15) is 0 Å². The molecule has 0 saturated carbocycles. The van der Waals surface area contributed by atoms with Gasteiger partial charge in [0.15, 0.2) is 0 Å². The first-order chi connectivity index (χ1) is 9.83. The fourth-order valence-corrected chi connectivity index (χ4v) is 2.69. The highest BCUT2D eigenvalue weighted by atomic mass is 16.4. The number of carboxylic acid groups (broad SMARTS) is 1. The van der Waals surface area contributed by atoms with Crippen molar-refractivity contribution in [2.75, 3.05) is 0 Å². The van der Waals surface area contributed by atoms with Gasteiger partial charge in [-0.3, -0.25) is 0 Å². The van der Waals surface area contributed by atoms with Gasteiger partial charge < -0.3 is 5.11 Å². The Morgan fingerprint density at radius 3 is 2.52 bits per heavy atom. The number of aliphatic carboxylic acids is 1. The second-order valence-corrected chi connectivity index (χ2v) is 6.26. The number of rotatable bonds is 5. The maximum absolute atomic E-state index is 10.3. The zero-order valence-electron chi connectivity index (χ0n) is 13.5. The van der Waals surface area contributed by atoms with E-state index in [9.17, 15) is 4.79 Å². The summed E-state index contributed by atoms with van der Waals surface area (Å²) in [5.74, 6) is -0.929. The molecular formula is C19H26O2. The van der Waals surface area contributed by atoms with Crippen molar-refractivity contribution in [2.24, 2.45) is 5.41 Å². The summed E-state index contributed by atoms with van der Waals surface area (Å²) in [6, 6.07) is 0. The lowest BCUT2D eigenvalue weighted by Crippen LogP contribution is -2.19. The topological polar surface area (TPSA) is 37.3 Å². The quantitative estimate of drug-likeness (QED) is 0.556. The zero-order valence-corrected chi connectivity index (χ0v) is 13.5. The maximum atomic E-state index is 10.3. The van der Waals surface area contributed by atoms with Crippen molar-refractivity contribution >= 4 is 5.97 Å². The molecule has 0 saturated heterocycles. The fraction of sp³-hybridized carbons (Fsp3) is 0.421. The smallest absolute Gasteiger partial charge is 0.328 e. The second kappa shape index (κ2) is 7.82. The third-order valence-electron chi connectivity index (χ3n) is 3.88. The molecule has 1 N–H and O–H groups in total. The first-order valence-corrected chi connectivity index (χ1v) is 7.46. The van der Waals surface area contributed by atoms with Crippen LogP contribution in [0.5, 0.6) is 0 Å². The molecule has 0 aromatic carbocycles. The molecule has 0 aliphatic heterocycles. The van der Waals surface area contributed by atoms with Gasteiger partial charge in [0, 0.05) is 6.08 Å². The van der Waals surface area contributed by atoms with E-state index >= 15 is 0 Å². The summed E-state index contributed by atoms with van der Waals surface area (Å²) in [5.41, 5.74) is 4.36. The Balaban J connectivity index is 2.73. The Morgan fingerprint density at radius 1 is 1.19 bits per heavy atom. The molecule has 0 bridgehead atoms. The van der Waals surface area contributed by atoms with Crippen molar-refractivity contribution in [3.05, 3.63) is 59.3 Å².